The summed E-state index contributed by atoms with van der Waals surface area (Å²) in [6.45, 7) is 2.55. The summed E-state index contributed by atoms with van der Waals surface area (Å²) in [7, 11) is 1.80. The van der Waals surface area contributed by atoms with E-state index in [0.717, 1.165) is 17.5 Å². The van der Waals surface area contributed by atoms with Crippen LogP contribution in [0.15, 0.2) is 63.8 Å². The highest BCUT2D eigenvalue weighted by molar-refractivity contribution is 6.31. The number of carbonyl (C=O) groups excluding carboxylic acids is 1. The molecule has 1 amide bonds. The van der Waals surface area contributed by atoms with Gasteiger partial charge in [-0.1, -0.05) is 36.7 Å². The summed E-state index contributed by atoms with van der Waals surface area (Å²) in [4.78, 5) is 27.6. The van der Waals surface area contributed by atoms with Gasteiger partial charge < -0.3 is 13.9 Å². The number of aromatic nitrogens is 1. The molecule has 2 heterocycles. The maximum atomic E-state index is 13.4. The molecule has 6 heteroatoms. The zero-order valence-corrected chi connectivity index (χ0v) is 16.4. The Bertz CT molecular complexity index is 1260. The number of fused-ring (bicyclic) bond motifs is 3. The van der Waals surface area contributed by atoms with Crippen LogP contribution in [0.5, 0.6) is 0 Å². The smallest absolute Gasteiger partial charge is 0.345 e. The van der Waals surface area contributed by atoms with Crippen molar-refractivity contribution in [2.24, 2.45) is 7.05 Å². The molecule has 0 spiro atoms. The molecule has 4 aromatic rings. The summed E-state index contributed by atoms with van der Waals surface area (Å²) in [6, 6.07) is 16.1. The van der Waals surface area contributed by atoms with E-state index in [9.17, 15) is 9.59 Å². The van der Waals surface area contributed by atoms with Crippen molar-refractivity contribution >= 4 is 45.1 Å². The Balaban J connectivity index is 1.91. The average Bonchev–Trinajstić information content (AvgIpc) is 3.04. The first-order chi connectivity index (χ1) is 13.5. The highest BCUT2D eigenvalue weighted by atomic mass is 35.5. The number of anilines is 1. The SMILES string of the molecule is CCCN(C(=O)c1cc2c(=O)oc3ccccc3c2n1C)c1cccc(Cl)c1. The highest BCUT2D eigenvalue weighted by Crippen LogP contribution is 2.27. The molecule has 0 atom stereocenters. The minimum atomic E-state index is -0.451. The third kappa shape index (κ3) is 2.98. The van der Waals surface area contributed by atoms with Gasteiger partial charge in [-0.2, -0.15) is 0 Å². The molecule has 0 fully saturated rings. The summed E-state index contributed by atoms with van der Waals surface area (Å²) in [5, 5.41) is 1.76. The van der Waals surface area contributed by atoms with E-state index in [1.807, 2.05) is 37.3 Å². The molecule has 0 aliphatic rings. The number of halogens is 1. The lowest BCUT2D eigenvalue weighted by Gasteiger charge is -2.22. The molecule has 4 rings (SSSR count). The van der Waals surface area contributed by atoms with Crippen molar-refractivity contribution in [2.45, 2.75) is 13.3 Å². The third-order valence-corrected chi connectivity index (χ3v) is 5.06. The monoisotopic (exact) mass is 394 g/mol. The van der Waals surface area contributed by atoms with Crippen LogP contribution in [0, 0.1) is 0 Å². The molecule has 5 nitrogen and oxygen atoms in total. The van der Waals surface area contributed by atoms with E-state index in [1.165, 1.54) is 0 Å². The van der Waals surface area contributed by atoms with Crippen LogP contribution in [0.2, 0.25) is 5.02 Å². The summed E-state index contributed by atoms with van der Waals surface area (Å²) < 4.78 is 7.19. The van der Waals surface area contributed by atoms with Gasteiger partial charge in [0.05, 0.1) is 10.9 Å². The molecule has 0 saturated heterocycles. The van der Waals surface area contributed by atoms with Gasteiger partial charge in [-0.3, -0.25) is 4.79 Å². The number of carbonyl (C=O) groups is 1. The van der Waals surface area contributed by atoms with Crippen molar-refractivity contribution in [2.75, 3.05) is 11.4 Å². The van der Waals surface area contributed by atoms with Crippen molar-refractivity contribution in [1.29, 1.82) is 0 Å². The second kappa shape index (κ2) is 7.17. The van der Waals surface area contributed by atoms with Crippen LogP contribution in [0.1, 0.15) is 23.8 Å². The van der Waals surface area contributed by atoms with Crippen LogP contribution >= 0.6 is 11.6 Å². The van der Waals surface area contributed by atoms with Gasteiger partial charge >= 0.3 is 5.63 Å². The topological polar surface area (TPSA) is 55.5 Å². The van der Waals surface area contributed by atoms with Crippen LogP contribution < -0.4 is 10.5 Å². The first-order valence-electron chi connectivity index (χ1n) is 9.10. The number of amides is 1. The molecule has 0 bridgehead atoms. The van der Waals surface area contributed by atoms with Crippen LogP contribution in [0.3, 0.4) is 0 Å². The molecule has 0 aliphatic carbocycles. The lowest BCUT2D eigenvalue weighted by molar-refractivity contribution is 0.0979. The van der Waals surface area contributed by atoms with Crippen LogP contribution in [-0.4, -0.2) is 17.0 Å². The van der Waals surface area contributed by atoms with Gasteiger partial charge in [-0.15, -0.1) is 0 Å². The van der Waals surface area contributed by atoms with Crippen LogP contribution in [0.25, 0.3) is 21.9 Å². The quantitative estimate of drug-likeness (QED) is 0.458. The van der Waals surface area contributed by atoms with Gasteiger partial charge in [0.25, 0.3) is 5.91 Å². The predicted octanol–water partition coefficient (Wildman–Crippen LogP) is 4.99. The molecule has 0 saturated carbocycles. The first-order valence-corrected chi connectivity index (χ1v) is 9.47. The Hall–Kier alpha value is -3.05. The van der Waals surface area contributed by atoms with Crippen LogP contribution in [-0.2, 0) is 7.05 Å². The van der Waals surface area contributed by atoms with E-state index in [-0.39, 0.29) is 5.91 Å². The Labute approximate surface area is 166 Å². The number of para-hydroxylation sites is 1. The molecule has 0 aliphatic heterocycles. The molecular weight excluding hydrogens is 376 g/mol. The summed E-state index contributed by atoms with van der Waals surface area (Å²) in [6.07, 6.45) is 0.785. The third-order valence-electron chi connectivity index (χ3n) is 4.83. The summed E-state index contributed by atoms with van der Waals surface area (Å²) in [5.41, 5.74) is 1.89. The minimum absolute atomic E-state index is 0.189. The molecule has 2 aromatic heterocycles. The van der Waals surface area contributed by atoms with E-state index in [2.05, 4.69) is 0 Å². The Morgan fingerprint density at radius 1 is 1.11 bits per heavy atom. The van der Waals surface area contributed by atoms with E-state index < -0.39 is 5.63 Å². The molecule has 142 valence electrons. The largest absolute Gasteiger partial charge is 0.422 e. The normalized spacial score (nSPS) is 11.2. The number of hydrogen-bond donors (Lipinski definition) is 0. The van der Waals surface area contributed by atoms with Crippen molar-refractivity contribution in [3.8, 4) is 0 Å². The Kier molecular flexibility index (Phi) is 4.69. The van der Waals surface area contributed by atoms with E-state index in [0.29, 0.717) is 33.7 Å². The fourth-order valence-electron chi connectivity index (χ4n) is 3.55. The van der Waals surface area contributed by atoms with Crippen molar-refractivity contribution in [3.05, 3.63) is 75.7 Å². The van der Waals surface area contributed by atoms with Gasteiger partial charge in [0.15, 0.2) is 0 Å². The molecule has 0 unspecified atom stereocenters. The standard InChI is InChI=1S/C22H19ClN2O3/c1-3-11-25(15-8-6-7-14(23)12-15)21(26)18-13-17-20(24(18)2)16-9-4-5-10-19(16)28-22(17)27/h4-10,12-13H,3,11H2,1-2H3. The molecule has 0 N–H and O–H groups in total. The van der Waals surface area contributed by atoms with E-state index in [1.54, 1.807) is 40.8 Å². The van der Waals surface area contributed by atoms with Gasteiger partial charge in [0, 0.05) is 29.7 Å². The summed E-state index contributed by atoms with van der Waals surface area (Å²) >= 11 is 6.12. The molecule has 28 heavy (non-hydrogen) atoms. The van der Waals surface area contributed by atoms with E-state index >= 15 is 0 Å². The van der Waals surface area contributed by atoms with Gasteiger partial charge in [0.2, 0.25) is 0 Å². The van der Waals surface area contributed by atoms with Crippen molar-refractivity contribution < 1.29 is 9.21 Å². The number of benzene rings is 2. The number of nitrogens with zero attached hydrogens (tertiary/aromatic N) is 2. The second-order valence-electron chi connectivity index (χ2n) is 6.67. The zero-order valence-electron chi connectivity index (χ0n) is 15.6. The fourth-order valence-corrected chi connectivity index (χ4v) is 3.73. The zero-order chi connectivity index (χ0) is 19.8. The highest BCUT2D eigenvalue weighted by Gasteiger charge is 2.23. The van der Waals surface area contributed by atoms with Crippen molar-refractivity contribution in [1.82, 2.24) is 4.57 Å². The lowest BCUT2D eigenvalue weighted by Crippen LogP contribution is -2.32. The maximum absolute atomic E-state index is 13.4. The molecular formula is C22H19ClN2O3. The Morgan fingerprint density at radius 2 is 1.89 bits per heavy atom. The molecule has 2 aromatic carbocycles. The maximum Gasteiger partial charge on any atom is 0.345 e. The van der Waals surface area contributed by atoms with Crippen molar-refractivity contribution in [3.63, 3.8) is 0 Å². The predicted molar refractivity (Wildman–Crippen MR) is 112 cm³/mol. The van der Waals surface area contributed by atoms with Gasteiger partial charge in [0.1, 0.15) is 11.3 Å². The lowest BCUT2D eigenvalue weighted by atomic mass is 10.2. The Morgan fingerprint density at radius 3 is 2.64 bits per heavy atom. The van der Waals surface area contributed by atoms with Gasteiger partial charge in [-0.05, 0) is 42.8 Å². The number of aryl methyl sites for hydroxylation is 1. The summed E-state index contributed by atoms with van der Waals surface area (Å²) in [5.74, 6) is -0.189. The number of rotatable bonds is 4. The number of hydrogen-bond acceptors (Lipinski definition) is 3. The average molecular weight is 395 g/mol. The minimum Gasteiger partial charge on any atom is -0.422 e. The molecule has 0 radical (unpaired) electrons. The van der Waals surface area contributed by atoms with E-state index in [4.69, 9.17) is 16.0 Å². The first kappa shape index (κ1) is 18.3. The van der Waals surface area contributed by atoms with Gasteiger partial charge in [-0.25, -0.2) is 4.79 Å². The fraction of sp³-hybridized carbons (Fsp3) is 0.182. The van der Waals surface area contributed by atoms with Crippen LogP contribution in [0.4, 0.5) is 5.69 Å². The second-order valence-corrected chi connectivity index (χ2v) is 7.11.